The van der Waals surface area contributed by atoms with Gasteiger partial charge in [-0.25, -0.2) is 0 Å². The smallest absolute Gasteiger partial charge is 0.103 e. The van der Waals surface area contributed by atoms with E-state index in [4.69, 9.17) is 0 Å². The van der Waals surface area contributed by atoms with Crippen molar-refractivity contribution in [2.75, 3.05) is 30.8 Å². The van der Waals surface area contributed by atoms with Crippen LogP contribution >= 0.6 is 11.8 Å². The molecule has 17 heavy (non-hydrogen) atoms. The van der Waals surface area contributed by atoms with E-state index in [2.05, 4.69) is 30.3 Å². The Bertz CT molecular complexity index is 435. The number of benzene rings is 1. The van der Waals surface area contributed by atoms with Crippen LogP contribution in [0.3, 0.4) is 0 Å². The van der Waals surface area contributed by atoms with Gasteiger partial charge in [-0.15, -0.1) is 11.8 Å². The summed E-state index contributed by atoms with van der Waals surface area (Å²) in [6.45, 7) is 4.12. The van der Waals surface area contributed by atoms with Crippen LogP contribution in [0, 0.1) is 11.3 Å². The first-order chi connectivity index (χ1) is 8.27. The minimum Gasteiger partial charge on any atom is -0.368 e. The maximum absolute atomic E-state index is 9.34. The van der Waals surface area contributed by atoms with Gasteiger partial charge in [-0.3, -0.25) is 0 Å². The Kier molecular flexibility index (Phi) is 3.93. The predicted molar refractivity (Wildman–Crippen MR) is 72.6 cm³/mol. The molecule has 1 fully saturated rings. The summed E-state index contributed by atoms with van der Waals surface area (Å²) in [7, 11) is 2.07. The number of nitriles is 1. The second-order valence-corrected chi connectivity index (χ2v) is 5.42. The molecule has 0 radical (unpaired) electrons. The lowest BCUT2D eigenvalue weighted by atomic mass is 10.1. The molecule has 1 aromatic carbocycles. The molecular weight excluding hydrogens is 230 g/mol. The average Bonchev–Trinajstić information content (AvgIpc) is 2.26. The monoisotopic (exact) mass is 247 g/mol. The van der Waals surface area contributed by atoms with Crippen LogP contribution in [0.1, 0.15) is 12.5 Å². The fourth-order valence-corrected chi connectivity index (χ4v) is 2.73. The second kappa shape index (κ2) is 5.44. The van der Waals surface area contributed by atoms with Crippen LogP contribution in [0.5, 0.6) is 0 Å². The maximum Gasteiger partial charge on any atom is 0.103 e. The molecule has 0 bridgehead atoms. The molecule has 90 valence electrons. The minimum atomic E-state index is 0.518. The number of rotatable bonds is 4. The Morgan fingerprint density at radius 2 is 2.29 bits per heavy atom. The summed E-state index contributed by atoms with van der Waals surface area (Å²) in [4.78, 5) is 3.31. The molecule has 0 saturated carbocycles. The van der Waals surface area contributed by atoms with Gasteiger partial charge in [0.25, 0.3) is 0 Å². The van der Waals surface area contributed by atoms with Crippen LogP contribution in [0.2, 0.25) is 0 Å². The van der Waals surface area contributed by atoms with Crippen molar-refractivity contribution in [2.45, 2.75) is 17.9 Å². The summed E-state index contributed by atoms with van der Waals surface area (Å²) in [5.74, 6) is 0.993. The molecule has 1 aliphatic heterocycles. The lowest BCUT2D eigenvalue weighted by Crippen LogP contribution is -2.56. The standard InChI is InChI=1S/C13H17N3S/c1-3-17-13-6-4-5-12(11(13)7-14)16(2)10-8-15-9-10/h4-6,10,15H,3,8-9H2,1-2H3. The molecule has 1 saturated heterocycles. The fraction of sp³-hybridized carbons (Fsp3) is 0.462. The van der Waals surface area contributed by atoms with Crippen molar-refractivity contribution < 1.29 is 0 Å². The van der Waals surface area contributed by atoms with E-state index in [1.165, 1.54) is 0 Å². The van der Waals surface area contributed by atoms with Crippen molar-refractivity contribution in [3.05, 3.63) is 23.8 Å². The van der Waals surface area contributed by atoms with Gasteiger partial charge in [0.15, 0.2) is 0 Å². The topological polar surface area (TPSA) is 39.1 Å². The lowest BCUT2D eigenvalue weighted by molar-refractivity contribution is 0.428. The number of thioether (sulfide) groups is 1. The highest BCUT2D eigenvalue weighted by Crippen LogP contribution is 2.30. The first-order valence-electron chi connectivity index (χ1n) is 5.87. The van der Waals surface area contributed by atoms with E-state index < -0.39 is 0 Å². The Morgan fingerprint density at radius 1 is 1.53 bits per heavy atom. The normalized spacial score (nSPS) is 15.1. The number of nitrogens with zero attached hydrogens (tertiary/aromatic N) is 2. The molecule has 1 heterocycles. The third kappa shape index (κ3) is 2.41. The molecule has 1 aromatic rings. The molecule has 2 rings (SSSR count). The molecule has 0 aromatic heterocycles. The summed E-state index contributed by atoms with van der Waals surface area (Å²) in [5, 5.41) is 12.6. The number of anilines is 1. The summed E-state index contributed by atoms with van der Waals surface area (Å²) in [5.41, 5.74) is 1.87. The van der Waals surface area contributed by atoms with Crippen LogP contribution in [0.15, 0.2) is 23.1 Å². The van der Waals surface area contributed by atoms with Gasteiger partial charge >= 0.3 is 0 Å². The average molecular weight is 247 g/mol. The van der Waals surface area contributed by atoms with Gasteiger partial charge in [0.1, 0.15) is 6.07 Å². The number of nitrogens with one attached hydrogen (secondary N) is 1. The molecule has 0 amide bonds. The minimum absolute atomic E-state index is 0.518. The van der Waals surface area contributed by atoms with Crippen LogP contribution in [0.25, 0.3) is 0 Å². The van der Waals surface area contributed by atoms with Gasteiger partial charge in [0.2, 0.25) is 0 Å². The van der Waals surface area contributed by atoms with E-state index in [0.717, 1.165) is 35.0 Å². The second-order valence-electron chi connectivity index (χ2n) is 4.12. The van der Waals surface area contributed by atoms with Crippen molar-refractivity contribution in [2.24, 2.45) is 0 Å². The first-order valence-corrected chi connectivity index (χ1v) is 6.86. The highest BCUT2D eigenvalue weighted by atomic mass is 32.2. The summed E-state index contributed by atoms with van der Waals surface area (Å²) >= 11 is 1.73. The molecule has 3 nitrogen and oxygen atoms in total. The van der Waals surface area contributed by atoms with Gasteiger partial charge in [0, 0.05) is 25.0 Å². The molecule has 1 aliphatic rings. The third-order valence-corrected chi connectivity index (χ3v) is 4.04. The molecule has 0 atom stereocenters. The van der Waals surface area contributed by atoms with Crippen LogP contribution < -0.4 is 10.2 Å². The van der Waals surface area contributed by atoms with Gasteiger partial charge < -0.3 is 10.2 Å². The van der Waals surface area contributed by atoms with E-state index in [1.54, 1.807) is 11.8 Å². The maximum atomic E-state index is 9.34. The molecule has 1 N–H and O–H groups in total. The van der Waals surface area contributed by atoms with Gasteiger partial charge in [-0.05, 0) is 17.9 Å². The van der Waals surface area contributed by atoms with E-state index in [-0.39, 0.29) is 0 Å². The summed E-state index contributed by atoms with van der Waals surface area (Å²) in [6.07, 6.45) is 0. The van der Waals surface area contributed by atoms with E-state index in [9.17, 15) is 5.26 Å². The predicted octanol–water partition coefficient (Wildman–Crippen LogP) is 2.08. The summed E-state index contributed by atoms with van der Waals surface area (Å²) < 4.78 is 0. The quantitative estimate of drug-likeness (QED) is 0.827. The largest absolute Gasteiger partial charge is 0.368 e. The van der Waals surface area contributed by atoms with Crippen molar-refractivity contribution in [1.29, 1.82) is 5.26 Å². The molecule has 0 aliphatic carbocycles. The number of hydrogen-bond donors (Lipinski definition) is 1. The zero-order chi connectivity index (χ0) is 12.3. The first kappa shape index (κ1) is 12.3. The SMILES string of the molecule is CCSc1cccc(N(C)C2CNC2)c1C#N. The Morgan fingerprint density at radius 3 is 2.82 bits per heavy atom. The van der Waals surface area contributed by atoms with Crippen molar-refractivity contribution in [3.63, 3.8) is 0 Å². The van der Waals surface area contributed by atoms with E-state index in [0.29, 0.717) is 6.04 Å². The molecular formula is C13H17N3S. The highest BCUT2D eigenvalue weighted by Gasteiger charge is 2.24. The summed E-state index contributed by atoms with van der Waals surface area (Å²) in [6, 6.07) is 8.98. The van der Waals surface area contributed by atoms with Gasteiger partial charge in [0.05, 0.1) is 17.3 Å². The Balaban J connectivity index is 2.32. The van der Waals surface area contributed by atoms with Crippen LogP contribution in [-0.4, -0.2) is 31.9 Å². The van der Waals surface area contributed by atoms with Crippen molar-refractivity contribution >= 4 is 17.4 Å². The number of hydrogen-bond acceptors (Lipinski definition) is 4. The van der Waals surface area contributed by atoms with E-state index in [1.807, 2.05) is 18.2 Å². The molecule has 0 spiro atoms. The Hall–Kier alpha value is -1.18. The van der Waals surface area contributed by atoms with E-state index >= 15 is 0 Å². The number of likely N-dealkylation sites (N-methyl/N-ethyl adjacent to an activating group) is 1. The van der Waals surface area contributed by atoms with Crippen molar-refractivity contribution in [3.8, 4) is 6.07 Å². The molecule has 0 unspecified atom stereocenters. The Labute approximate surface area is 107 Å². The van der Waals surface area contributed by atoms with Crippen LogP contribution in [0.4, 0.5) is 5.69 Å². The molecule has 4 heteroatoms. The van der Waals surface area contributed by atoms with Gasteiger partial charge in [-0.1, -0.05) is 13.0 Å². The van der Waals surface area contributed by atoms with Crippen LogP contribution in [-0.2, 0) is 0 Å². The zero-order valence-electron chi connectivity index (χ0n) is 10.2. The van der Waals surface area contributed by atoms with Crippen molar-refractivity contribution in [1.82, 2.24) is 5.32 Å². The zero-order valence-corrected chi connectivity index (χ0v) is 11.0. The lowest BCUT2D eigenvalue weighted by Gasteiger charge is -2.37. The fourth-order valence-electron chi connectivity index (χ4n) is 1.95. The van der Waals surface area contributed by atoms with Gasteiger partial charge in [-0.2, -0.15) is 5.26 Å². The highest BCUT2D eigenvalue weighted by molar-refractivity contribution is 7.99. The third-order valence-electron chi connectivity index (χ3n) is 3.10.